The molecule has 2 N–H and O–H groups in total. The van der Waals surface area contributed by atoms with Gasteiger partial charge < -0.3 is 10.1 Å². The van der Waals surface area contributed by atoms with Crippen LogP contribution in [0.1, 0.15) is 12.0 Å². The molecular formula is C13H18Cl2N2O3S. The third-order valence-corrected chi connectivity index (χ3v) is 5.55. The van der Waals surface area contributed by atoms with Crippen molar-refractivity contribution in [1.82, 2.24) is 10.0 Å². The Kier molecular flexibility index (Phi) is 5.88. The Labute approximate surface area is 135 Å². The van der Waals surface area contributed by atoms with E-state index in [9.17, 15) is 8.42 Å². The van der Waals surface area contributed by atoms with Gasteiger partial charge in [0, 0.05) is 24.7 Å². The summed E-state index contributed by atoms with van der Waals surface area (Å²) in [6, 6.07) is 3.03. The molecule has 1 atom stereocenters. The first-order valence-corrected chi connectivity index (χ1v) is 8.88. The van der Waals surface area contributed by atoms with E-state index in [-0.39, 0.29) is 15.8 Å². The molecule has 0 amide bonds. The largest absolute Gasteiger partial charge is 0.381 e. The van der Waals surface area contributed by atoms with Gasteiger partial charge in [0.15, 0.2) is 0 Å². The van der Waals surface area contributed by atoms with Crippen LogP contribution in [-0.4, -0.2) is 35.2 Å². The Balaban J connectivity index is 2.21. The third kappa shape index (κ3) is 4.31. The quantitative estimate of drug-likeness (QED) is 0.821. The first kappa shape index (κ1) is 17.0. The molecule has 21 heavy (non-hydrogen) atoms. The van der Waals surface area contributed by atoms with E-state index in [0.717, 1.165) is 6.42 Å². The van der Waals surface area contributed by atoms with Crippen LogP contribution in [0, 0.1) is 5.92 Å². The number of nitrogens with one attached hydrogen (secondary N) is 2. The molecule has 0 radical (unpaired) electrons. The van der Waals surface area contributed by atoms with Crippen LogP contribution in [0.2, 0.25) is 10.0 Å². The van der Waals surface area contributed by atoms with Gasteiger partial charge in [-0.15, -0.1) is 0 Å². The van der Waals surface area contributed by atoms with E-state index in [0.29, 0.717) is 36.9 Å². The third-order valence-electron chi connectivity index (χ3n) is 3.32. The molecule has 8 heteroatoms. The minimum Gasteiger partial charge on any atom is -0.381 e. The van der Waals surface area contributed by atoms with Gasteiger partial charge in [-0.25, -0.2) is 13.1 Å². The summed E-state index contributed by atoms with van der Waals surface area (Å²) in [4.78, 5) is 0.0147. The Bertz CT molecular complexity index is 602. The van der Waals surface area contributed by atoms with Crippen molar-refractivity contribution < 1.29 is 13.2 Å². The fraction of sp³-hybridized carbons (Fsp3) is 0.538. The van der Waals surface area contributed by atoms with Crippen LogP contribution in [-0.2, 0) is 21.3 Å². The maximum atomic E-state index is 12.4. The van der Waals surface area contributed by atoms with Crippen molar-refractivity contribution in [3.63, 3.8) is 0 Å². The van der Waals surface area contributed by atoms with Crippen molar-refractivity contribution in [1.29, 1.82) is 0 Å². The molecule has 0 aliphatic carbocycles. The molecule has 1 heterocycles. The van der Waals surface area contributed by atoms with Crippen molar-refractivity contribution in [3.05, 3.63) is 27.7 Å². The molecule has 1 fully saturated rings. The standard InChI is InChI=1S/C13H18Cl2N2O3S/c1-16-7-10-4-11(14)5-12(13(10)15)21(18,19)17-6-9-2-3-20-8-9/h4-5,9,16-17H,2-3,6-8H2,1H3. The highest BCUT2D eigenvalue weighted by Gasteiger charge is 2.23. The van der Waals surface area contributed by atoms with E-state index < -0.39 is 10.0 Å². The van der Waals surface area contributed by atoms with Gasteiger partial charge in [-0.2, -0.15) is 0 Å². The summed E-state index contributed by atoms with van der Waals surface area (Å²) in [5.41, 5.74) is 0.649. The predicted octanol–water partition coefficient (Wildman–Crippen LogP) is 2.03. The SMILES string of the molecule is CNCc1cc(Cl)cc(S(=O)(=O)NCC2CCOC2)c1Cl. The second-order valence-corrected chi connectivity index (χ2v) is 7.54. The molecule has 5 nitrogen and oxygen atoms in total. The molecule has 0 saturated carbocycles. The van der Waals surface area contributed by atoms with Gasteiger partial charge in [-0.05, 0) is 37.1 Å². The number of sulfonamides is 1. The molecule has 1 aromatic carbocycles. The topological polar surface area (TPSA) is 67.4 Å². The minimum atomic E-state index is -3.69. The molecule has 0 aromatic heterocycles. The summed E-state index contributed by atoms with van der Waals surface area (Å²) < 4.78 is 32.6. The Morgan fingerprint density at radius 2 is 2.14 bits per heavy atom. The minimum absolute atomic E-state index is 0.0147. The zero-order chi connectivity index (χ0) is 15.5. The van der Waals surface area contributed by atoms with E-state index in [1.54, 1.807) is 13.1 Å². The van der Waals surface area contributed by atoms with Crippen molar-refractivity contribution in [3.8, 4) is 0 Å². The monoisotopic (exact) mass is 352 g/mol. The lowest BCUT2D eigenvalue weighted by Gasteiger charge is -2.14. The summed E-state index contributed by atoms with van der Waals surface area (Å²) >= 11 is 12.2. The highest BCUT2D eigenvalue weighted by atomic mass is 35.5. The average Bonchev–Trinajstić information content (AvgIpc) is 2.94. The van der Waals surface area contributed by atoms with Crippen LogP contribution < -0.4 is 10.0 Å². The van der Waals surface area contributed by atoms with Crippen LogP contribution >= 0.6 is 23.2 Å². The molecule has 0 bridgehead atoms. The van der Waals surface area contributed by atoms with E-state index in [2.05, 4.69) is 10.0 Å². The highest BCUT2D eigenvalue weighted by molar-refractivity contribution is 7.89. The van der Waals surface area contributed by atoms with Crippen molar-refractivity contribution in [2.24, 2.45) is 5.92 Å². The average molecular weight is 353 g/mol. The normalized spacial score (nSPS) is 19.1. The van der Waals surface area contributed by atoms with Crippen LogP contribution in [0.15, 0.2) is 17.0 Å². The zero-order valence-electron chi connectivity index (χ0n) is 11.7. The summed E-state index contributed by atoms with van der Waals surface area (Å²) in [5, 5.41) is 3.47. The van der Waals surface area contributed by atoms with E-state index in [1.807, 2.05) is 0 Å². The van der Waals surface area contributed by atoms with Crippen molar-refractivity contribution >= 4 is 33.2 Å². The van der Waals surface area contributed by atoms with Gasteiger partial charge in [-0.1, -0.05) is 23.2 Å². The Morgan fingerprint density at radius 3 is 2.76 bits per heavy atom. The highest BCUT2D eigenvalue weighted by Crippen LogP contribution is 2.29. The molecule has 1 saturated heterocycles. The van der Waals surface area contributed by atoms with Gasteiger partial charge in [0.25, 0.3) is 0 Å². The lowest BCUT2D eigenvalue weighted by molar-refractivity contribution is 0.186. The maximum Gasteiger partial charge on any atom is 0.242 e. The van der Waals surface area contributed by atoms with Gasteiger partial charge in [0.2, 0.25) is 10.0 Å². The summed E-state index contributed by atoms with van der Waals surface area (Å²) in [5.74, 6) is 0.203. The lowest BCUT2D eigenvalue weighted by Crippen LogP contribution is -2.30. The van der Waals surface area contributed by atoms with E-state index in [4.69, 9.17) is 27.9 Å². The number of benzene rings is 1. The number of rotatable bonds is 6. The summed E-state index contributed by atoms with van der Waals surface area (Å²) in [6.07, 6.45) is 0.858. The smallest absolute Gasteiger partial charge is 0.242 e. The summed E-state index contributed by atoms with van der Waals surface area (Å²) in [7, 11) is -1.94. The zero-order valence-corrected chi connectivity index (χ0v) is 14.0. The number of ether oxygens (including phenoxy) is 1. The Hall–Kier alpha value is -0.370. The van der Waals surface area contributed by atoms with Gasteiger partial charge in [0.1, 0.15) is 4.90 Å². The van der Waals surface area contributed by atoms with Crippen molar-refractivity contribution in [2.45, 2.75) is 17.9 Å². The second kappa shape index (κ2) is 7.26. The first-order chi connectivity index (χ1) is 9.94. The molecule has 2 rings (SSSR count). The molecule has 1 aromatic rings. The van der Waals surface area contributed by atoms with Crippen LogP contribution in [0.4, 0.5) is 0 Å². The summed E-state index contributed by atoms with van der Waals surface area (Å²) in [6.45, 7) is 2.04. The van der Waals surface area contributed by atoms with E-state index >= 15 is 0 Å². The Morgan fingerprint density at radius 1 is 1.38 bits per heavy atom. The lowest BCUT2D eigenvalue weighted by atomic mass is 10.1. The maximum absolute atomic E-state index is 12.4. The van der Waals surface area contributed by atoms with Gasteiger partial charge in [0.05, 0.1) is 11.6 Å². The predicted molar refractivity (Wildman–Crippen MR) is 83.3 cm³/mol. The molecule has 1 unspecified atom stereocenters. The number of hydrogen-bond donors (Lipinski definition) is 2. The van der Waals surface area contributed by atoms with Gasteiger partial charge in [-0.3, -0.25) is 0 Å². The molecule has 118 valence electrons. The number of halogens is 2. The van der Waals surface area contributed by atoms with Crippen LogP contribution in [0.25, 0.3) is 0 Å². The molecule has 1 aliphatic rings. The van der Waals surface area contributed by atoms with Gasteiger partial charge >= 0.3 is 0 Å². The fourth-order valence-corrected chi connectivity index (χ4v) is 4.23. The molecule has 0 spiro atoms. The second-order valence-electron chi connectivity index (χ2n) is 4.99. The fourth-order valence-electron chi connectivity index (χ4n) is 2.18. The first-order valence-electron chi connectivity index (χ1n) is 6.64. The van der Waals surface area contributed by atoms with E-state index in [1.165, 1.54) is 6.07 Å². The van der Waals surface area contributed by atoms with Crippen LogP contribution in [0.3, 0.4) is 0 Å². The van der Waals surface area contributed by atoms with Crippen LogP contribution in [0.5, 0.6) is 0 Å². The molecular weight excluding hydrogens is 335 g/mol. The van der Waals surface area contributed by atoms with Crippen molar-refractivity contribution in [2.75, 3.05) is 26.8 Å². The molecule has 1 aliphatic heterocycles. The number of hydrogen-bond acceptors (Lipinski definition) is 4.